The molecule has 0 fully saturated rings. The number of hydrogen-bond donors (Lipinski definition) is 1. The first kappa shape index (κ1) is 18.3. The topological polar surface area (TPSA) is 78.2 Å². The fourth-order valence-electron chi connectivity index (χ4n) is 2.07. The summed E-state index contributed by atoms with van der Waals surface area (Å²) in [6, 6.07) is 13.1. The average Bonchev–Trinajstić information content (AvgIpc) is 2.58. The van der Waals surface area contributed by atoms with Crippen molar-refractivity contribution in [1.29, 1.82) is 5.26 Å². The number of rotatable bonds is 4. The van der Waals surface area contributed by atoms with Gasteiger partial charge >= 0.3 is 6.09 Å². The predicted octanol–water partition coefficient (Wildman–Crippen LogP) is 3.94. The number of hydrogen-bond acceptors (Lipinski definition) is 5. The van der Waals surface area contributed by atoms with Gasteiger partial charge in [0, 0.05) is 13.6 Å². The van der Waals surface area contributed by atoms with Crippen molar-refractivity contribution in [2.45, 2.75) is 32.9 Å². The molecule has 1 N–H and O–H groups in total. The Labute approximate surface area is 148 Å². The van der Waals surface area contributed by atoms with Gasteiger partial charge in [-0.2, -0.15) is 5.26 Å². The van der Waals surface area contributed by atoms with Gasteiger partial charge in [-0.25, -0.2) is 9.78 Å². The molecule has 0 aliphatic rings. The van der Waals surface area contributed by atoms with E-state index >= 15 is 0 Å². The highest BCUT2D eigenvalue weighted by Crippen LogP contribution is 2.17. The van der Waals surface area contributed by atoms with Crippen LogP contribution in [0.5, 0.6) is 0 Å². The number of nitrogens with one attached hydrogen (secondary N) is 1. The largest absolute Gasteiger partial charge is 0.443 e. The van der Waals surface area contributed by atoms with E-state index in [-0.39, 0.29) is 0 Å². The summed E-state index contributed by atoms with van der Waals surface area (Å²) >= 11 is 0. The lowest BCUT2D eigenvalue weighted by Gasteiger charge is -2.24. The molecule has 1 amide bonds. The normalized spacial score (nSPS) is 10.7. The summed E-state index contributed by atoms with van der Waals surface area (Å²) < 4.78 is 5.32. The molecule has 0 aliphatic heterocycles. The van der Waals surface area contributed by atoms with Crippen LogP contribution in [0, 0.1) is 11.3 Å². The Morgan fingerprint density at radius 1 is 1.32 bits per heavy atom. The zero-order chi connectivity index (χ0) is 18.4. The molecule has 0 radical (unpaired) electrons. The van der Waals surface area contributed by atoms with Crippen LogP contribution in [0.15, 0.2) is 42.6 Å². The minimum absolute atomic E-state index is 0.450. The summed E-state index contributed by atoms with van der Waals surface area (Å²) in [5, 5.41) is 12.2. The van der Waals surface area contributed by atoms with Gasteiger partial charge in [0.05, 0.1) is 23.5 Å². The van der Waals surface area contributed by atoms with Crippen LogP contribution in [0.25, 0.3) is 0 Å². The molecule has 0 bridgehead atoms. The zero-order valence-corrected chi connectivity index (χ0v) is 14.9. The number of carbonyl (C=O) groups excluding carboxylic acids is 1. The van der Waals surface area contributed by atoms with E-state index in [0.29, 0.717) is 17.9 Å². The number of nitriles is 1. The number of ether oxygens (including phenoxy) is 1. The second-order valence-corrected chi connectivity index (χ2v) is 6.61. The third-order valence-corrected chi connectivity index (χ3v) is 3.31. The van der Waals surface area contributed by atoms with Gasteiger partial charge in [0.25, 0.3) is 0 Å². The van der Waals surface area contributed by atoms with Crippen LogP contribution in [0.3, 0.4) is 0 Å². The Bertz CT molecular complexity index is 773. The molecule has 0 atom stereocenters. The molecule has 0 spiro atoms. The van der Waals surface area contributed by atoms with Gasteiger partial charge in [-0.1, -0.05) is 12.1 Å². The molecule has 1 aromatic carbocycles. The summed E-state index contributed by atoms with van der Waals surface area (Å²) in [6.45, 7) is 6.04. The van der Waals surface area contributed by atoms with Crippen molar-refractivity contribution < 1.29 is 9.53 Å². The summed E-state index contributed by atoms with van der Waals surface area (Å²) in [7, 11) is 1.62. The number of nitrogens with zero attached hydrogens (tertiary/aromatic N) is 3. The molecule has 6 heteroatoms. The van der Waals surface area contributed by atoms with Gasteiger partial charge < -0.3 is 10.1 Å². The molecule has 2 rings (SSSR count). The van der Waals surface area contributed by atoms with Crippen molar-refractivity contribution >= 4 is 17.6 Å². The van der Waals surface area contributed by atoms with Crippen molar-refractivity contribution in [1.82, 2.24) is 4.98 Å². The van der Waals surface area contributed by atoms with Gasteiger partial charge in [-0.05, 0) is 50.6 Å². The van der Waals surface area contributed by atoms with Crippen LogP contribution >= 0.6 is 0 Å². The SMILES string of the molecule is CN(C(=O)OC(C)(C)C)c1ccc(NCc2cccc(C#N)c2)cn1. The first-order valence-electron chi connectivity index (χ1n) is 7.94. The van der Waals surface area contributed by atoms with Crippen LogP contribution in [0.1, 0.15) is 31.9 Å². The predicted molar refractivity (Wildman–Crippen MR) is 97.4 cm³/mol. The molecule has 1 heterocycles. The quantitative estimate of drug-likeness (QED) is 0.913. The fraction of sp³-hybridized carbons (Fsp3) is 0.316. The maximum atomic E-state index is 12.0. The molecular weight excluding hydrogens is 316 g/mol. The smallest absolute Gasteiger partial charge is 0.415 e. The van der Waals surface area contributed by atoms with E-state index in [2.05, 4.69) is 16.4 Å². The number of benzene rings is 1. The lowest BCUT2D eigenvalue weighted by Crippen LogP contribution is -2.34. The minimum atomic E-state index is -0.551. The zero-order valence-electron chi connectivity index (χ0n) is 14.9. The highest BCUT2D eigenvalue weighted by atomic mass is 16.6. The van der Waals surface area contributed by atoms with E-state index < -0.39 is 11.7 Å². The fourth-order valence-corrected chi connectivity index (χ4v) is 2.07. The molecule has 2 aromatic rings. The standard InChI is InChI=1S/C19H22N4O2/c1-19(2,3)25-18(24)23(4)17-9-8-16(13-22-17)21-12-15-7-5-6-14(10-15)11-20/h5-10,13,21H,12H2,1-4H3. The lowest BCUT2D eigenvalue weighted by atomic mass is 10.1. The first-order chi connectivity index (χ1) is 11.8. The maximum Gasteiger partial charge on any atom is 0.415 e. The number of anilines is 2. The van der Waals surface area contributed by atoms with Crippen molar-refractivity contribution in [2.75, 3.05) is 17.3 Å². The summed E-state index contributed by atoms with van der Waals surface area (Å²) in [5.41, 5.74) is 1.91. The molecule has 25 heavy (non-hydrogen) atoms. The van der Waals surface area contributed by atoms with Gasteiger partial charge in [-0.3, -0.25) is 4.90 Å². The molecule has 0 unspecified atom stereocenters. The maximum absolute atomic E-state index is 12.0. The molecule has 0 aliphatic carbocycles. The Morgan fingerprint density at radius 2 is 2.08 bits per heavy atom. The Balaban J connectivity index is 1.97. The molecule has 130 valence electrons. The number of aromatic nitrogens is 1. The van der Waals surface area contributed by atoms with Gasteiger partial charge in [0.2, 0.25) is 0 Å². The van der Waals surface area contributed by atoms with Crippen LogP contribution in [0.4, 0.5) is 16.3 Å². The summed E-state index contributed by atoms with van der Waals surface area (Å²) in [6.07, 6.45) is 1.21. The Kier molecular flexibility index (Phi) is 5.60. The summed E-state index contributed by atoms with van der Waals surface area (Å²) in [4.78, 5) is 17.7. The minimum Gasteiger partial charge on any atom is -0.443 e. The van der Waals surface area contributed by atoms with Crippen molar-refractivity contribution in [3.05, 3.63) is 53.7 Å². The highest BCUT2D eigenvalue weighted by Gasteiger charge is 2.21. The van der Waals surface area contributed by atoms with E-state index in [0.717, 1.165) is 11.3 Å². The van der Waals surface area contributed by atoms with E-state index in [1.54, 1.807) is 25.4 Å². The van der Waals surface area contributed by atoms with Gasteiger partial charge in [0.15, 0.2) is 0 Å². The Hall–Kier alpha value is -3.07. The average molecular weight is 338 g/mol. The molecule has 6 nitrogen and oxygen atoms in total. The van der Waals surface area contributed by atoms with Gasteiger partial charge in [-0.15, -0.1) is 0 Å². The van der Waals surface area contributed by atoms with Crippen molar-refractivity contribution in [3.63, 3.8) is 0 Å². The second-order valence-electron chi connectivity index (χ2n) is 6.61. The van der Waals surface area contributed by atoms with Crippen molar-refractivity contribution in [3.8, 4) is 6.07 Å². The van der Waals surface area contributed by atoms with Crippen LogP contribution in [-0.4, -0.2) is 23.7 Å². The van der Waals surface area contributed by atoms with E-state index in [9.17, 15) is 4.79 Å². The van der Waals surface area contributed by atoms with Gasteiger partial charge in [0.1, 0.15) is 11.4 Å². The first-order valence-corrected chi connectivity index (χ1v) is 7.94. The van der Waals surface area contributed by atoms with Crippen LogP contribution in [-0.2, 0) is 11.3 Å². The second kappa shape index (κ2) is 7.67. The number of carbonyl (C=O) groups is 1. The number of amides is 1. The molecule has 0 saturated heterocycles. The van der Waals surface area contributed by atoms with Crippen LogP contribution < -0.4 is 10.2 Å². The summed E-state index contributed by atoms with van der Waals surface area (Å²) in [5.74, 6) is 0.506. The van der Waals surface area contributed by atoms with E-state index in [1.165, 1.54) is 4.90 Å². The lowest BCUT2D eigenvalue weighted by molar-refractivity contribution is 0.0588. The van der Waals surface area contributed by atoms with E-state index in [1.807, 2.05) is 45.0 Å². The molecule has 0 saturated carbocycles. The Morgan fingerprint density at radius 3 is 2.68 bits per heavy atom. The highest BCUT2D eigenvalue weighted by molar-refractivity contribution is 5.86. The monoisotopic (exact) mass is 338 g/mol. The molecule has 1 aromatic heterocycles. The number of pyridine rings is 1. The van der Waals surface area contributed by atoms with Crippen molar-refractivity contribution in [2.24, 2.45) is 0 Å². The van der Waals surface area contributed by atoms with E-state index in [4.69, 9.17) is 10.00 Å². The van der Waals surface area contributed by atoms with Crippen LogP contribution in [0.2, 0.25) is 0 Å². The third-order valence-electron chi connectivity index (χ3n) is 3.31. The molecular formula is C19H22N4O2. The third kappa shape index (κ3) is 5.50.